The first-order valence-electron chi connectivity index (χ1n) is 0.565. The Morgan fingerprint density at radius 2 is 1.57 bits per heavy atom. The van der Waals surface area contributed by atoms with Crippen molar-refractivity contribution in [2.75, 3.05) is 0 Å². The van der Waals surface area contributed by atoms with Gasteiger partial charge in [0.25, 0.3) is 5.09 Å². The average Bonchev–Trinajstić information content (AvgIpc) is 0.811. The maximum absolute atomic E-state index is 8.36. The van der Waals surface area contributed by atoms with E-state index < -0.39 is 5.09 Å². The second-order valence-electron chi connectivity index (χ2n) is 0.238. The zero-order valence-electron chi connectivity index (χ0n) is 2.75. The maximum atomic E-state index is 8.36. The number of hydrogen-bond acceptors (Lipinski definition) is 2. The van der Waals surface area contributed by atoms with Gasteiger partial charge in [0.15, 0.2) is 17.4 Å². The molecule has 0 aliphatic carbocycles. The summed E-state index contributed by atoms with van der Waals surface area (Å²) in [5.41, 5.74) is 0. The van der Waals surface area contributed by atoms with Crippen LogP contribution in [0.5, 0.6) is 0 Å². The number of nitrogens with zero attached hydrogens (tertiary/aromatic N) is 1. The van der Waals surface area contributed by atoms with Gasteiger partial charge in [-0.15, -0.1) is 10.1 Å². The first kappa shape index (κ1) is 24.8. The van der Waals surface area contributed by atoms with Crippen LogP contribution in [0.3, 0.4) is 0 Å². The second-order valence-corrected chi connectivity index (χ2v) is 0.238. The first-order chi connectivity index (χ1) is 1.73. The predicted octanol–water partition coefficient (Wildman–Crippen LogP) is -1.54. The first-order valence-corrected chi connectivity index (χ1v) is 0.565. The van der Waals surface area contributed by atoms with Crippen molar-refractivity contribution < 1.29 is 46.6 Å². The van der Waals surface area contributed by atoms with E-state index in [2.05, 4.69) is 0 Å². The Labute approximate surface area is 73.9 Å². The summed E-state index contributed by atoms with van der Waals surface area (Å²) in [6.07, 6.45) is 0. The van der Waals surface area contributed by atoms with Crippen LogP contribution < -0.4 is 0 Å². The Kier molecular flexibility index (Phi) is 56.1. The zero-order valence-corrected chi connectivity index (χ0v) is 6.76. The van der Waals surface area contributed by atoms with Crippen LogP contribution in [0.15, 0.2) is 0 Å². The molecule has 0 bridgehead atoms. The summed E-state index contributed by atoms with van der Waals surface area (Å²) >= 11 is 0. The van der Waals surface area contributed by atoms with Gasteiger partial charge >= 0.3 is 0 Å². The van der Waals surface area contributed by atoms with Crippen molar-refractivity contribution in [3.05, 3.63) is 10.1 Å². The molecule has 0 aromatic carbocycles. The van der Waals surface area contributed by atoms with E-state index in [-0.39, 0.29) is 53.6 Å². The van der Waals surface area contributed by atoms with Crippen LogP contribution in [-0.2, 0) is 36.3 Å². The van der Waals surface area contributed by atoms with E-state index in [4.69, 9.17) is 15.3 Å². The monoisotopic (exact) mass is 216 g/mol. The van der Waals surface area contributed by atoms with Gasteiger partial charge in [-0.05, 0) is 0 Å². The van der Waals surface area contributed by atoms with Gasteiger partial charge in [-0.25, -0.2) is 0 Å². The van der Waals surface area contributed by atoms with Crippen LogP contribution in [0.1, 0.15) is 0 Å². The summed E-state index contributed by atoms with van der Waals surface area (Å²) in [7, 11) is 0. The van der Waals surface area contributed by atoms with Crippen molar-refractivity contribution in [3.8, 4) is 0 Å². The molecule has 0 heterocycles. The van der Waals surface area contributed by atoms with E-state index in [0.717, 1.165) is 0 Å². The van der Waals surface area contributed by atoms with E-state index in [1.54, 1.807) is 0 Å². The van der Waals surface area contributed by atoms with Crippen LogP contribution in [0.2, 0.25) is 0 Å². The summed E-state index contributed by atoms with van der Waals surface area (Å²) in [5, 5.41) is 13.6. The molecule has 1 radical (unpaired) electrons. The topological polar surface area (TPSA) is 63.4 Å². The van der Waals surface area contributed by atoms with E-state index in [0.29, 0.717) is 0 Å². The summed E-state index contributed by atoms with van der Waals surface area (Å²) in [6, 6.07) is 0. The molecule has 0 aliphatic rings. The van der Waals surface area contributed by atoms with E-state index in [1.807, 2.05) is 0 Å². The Bertz CT molecular complexity index is 37.9. The summed E-state index contributed by atoms with van der Waals surface area (Å²) in [5.74, 6) is 0. The van der Waals surface area contributed by atoms with Gasteiger partial charge in [-0.2, -0.15) is 0 Å². The molecule has 0 aromatic rings. The molecule has 0 saturated carbocycles. The Morgan fingerprint density at radius 1 is 1.57 bits per heavy atom. The van der Waals surface area contributed by atoms with E-state index >= 15 is 0 Å². The third-order valence-electron chi connectivity index (χ3n) is 0. The average molecular weight is 217 g/mol. The second kappa shape index (κ2) is 15.8. The Hall–Kier alpha value is 0.862. The van der Waals surface area contributed by atoms with Gasteiger partial charge in [-0.1, -0.05) is 0 Å². The van der Waals surface area contributed by atoms with Crippen molar-refractivity contribution in [2.24, 2.45) is 0 Å². The quantitative estimate of drug-likeness (QED) is 0.304. The van der Waals surface area contributed by atoms with Crippen molar-refractivity contribution in [2.45, 2.75) is 0 Å². The molecule has 7 heavy (non-hydrogen) atoms. The molecule has 7 heteroatoms. The summed E-state index contributed by atoms with van der Waals surface area (Å²) < 4.78 is 0. The minimum absolute atomic E-state index is 0. The van der Waals surface area contributed by atoms with Crippen LogP contribution in [0.4, 0.5) is 0 Å². The normalized spacial score (nSPS) is 3.43. The van der Waals surface area contributed by atoms with Crippen LogP contribution >= 0.6 is 0 Å². The van der Waals surface area contributed by atoms with E-state index in [1.165, 1.54) is 0 Å². The summed E-state index contributed by atoms with van der Waals surface area (Å²) in [4.78, 5) is 8.36. The molecule has 0 atom stereocenters. The van der Waals surface area contributed by atoms with Gasteiger partial charge < -0.3 is 5.21 Å². The van der Waals surface area contributed by atoms with Crippen molar-refractivity contribution >= 4 is 17.4 Å². The van der Waals surface area contributed by atoms with Crippen LogP contribution in [-0.4, -0.2) is 27.7 Å². The third-order valence-corrected chi connectivity index (χ3v) is 0. The van der Waals surface area contributed by atoms with Crippen LogP contribution in [0.25, 0.3) is 0 Å². The summed E-state index contributed by atoms with van der Waals surface area (Å²) in [6.45, 7) is 0. The number of hydrogen-bond donors (Lipinski definition) is 1. The van der Waals surface area contributed by atoms with Gasteiger partial charge in [-0.3, -0.25) is 0 Å². The van der Waals surface area contributed by atoms with Gasteiger partial charge in [0.1, 0.15) is 0 Å². The van der Waals surface area contributed by atoms with Crippen molar-refractivity contribution in [1.82, 2.24) is 0 Å². The number of rotatable bonds is 0. The SMILES string of the molecule is O=[N+]([O-])O.[AlH3].[Co].[Zn]. The Balaban J connectivity index is -0.0000000150. The molecule has 0 fully saturated rings. The van der Waals surface area contributed by atoms with Crippen LogP contribution in [0, 0.1) is 10.1 Å². The largest absolute Gasteiger partial charge is 0.328 e. The molecule has 0 unspecified atom stereocenters. The molecule has 0 spiro atoms. The minimum atomic E-state index is -1.50. The molecule has 0 saturated heterocycles. The molecule has 0 aromatic heterocycles. The van der Waals surface area contributed by atoms with E-state index in [9.17, 15) is 0 Å². The smallest absolute Gasteiger partial charge is 0.291 e. The molecule has 41 valence electrons. The molecule has 4 nitrogen and oxygen atoms in total. The molecular weight excluding hydrogens is 213 g/mol. The standard InChI is InChI=1S/Al.Co.HNO3.Zn.3H/c;;2-1(3)4;;;;/h;;(H,2,3,4);;;;. The fourth-order valence-electron chi connectivity index (χ4n) is 0. The third kappa shape index (κ3) is 218. The minimum Gasteiger partial charge on any atom is -0.328 e. The predicted molar refractivity (Wildman–Crippen MR) is 18.7 cm³/mol. The maximum Gasteiger partial charge on any atom is 0.291 e. The Morgan fingerprint density at radius 3 is 1.57 bits per heavy atom. The van der Waals surface area contributed by atoms with Gasteiger partial charge in [0.05, 0.1) is 0 Å². The molecule has 0 rings (SSSR count). The zero-order chi connectivity index (χ0) is 3.58. The van der Waals surface area contributed by atoms with Crippen molar-refractivity contribution in [3.63, 3.8) is 0 Å². The molecule has 0 amide bonds. The van der Waals surface area contributed by atoms with Gasteiger partial charge in [0, 0.05) is 36.3 Å². The fourth-order valence-corrected chi connectivity index (χ4v) is 0. The molecule has 1 N–H and O–H groups in total. The fraction of sp³-hybridized carbons (Fsp3) is 0. The van der Waals surface area contributed by atoms with Crippen molar-refractivity contribution in [1.29, 1.82) is 0 Å². The van der Waals surface area contributed by atoms with Gasteiger partial charge in [0.2, 0.25) is 0 Å². The molecule has 0 aliphatic heterocycles. The molecular formula is H4AlCoNO3Zn.